The van der Waals surface area contributed by atoms with Gasteiger partial charge in [0, 0.05) is 49.7 Å². The van der Waals surface area contributed by atoms with Gasteiger partial charge in [-0.05, 0) is 25.6 Å². The van der Waals surface area contributed by atoms with Gasteiger partial charge >= 0.3 is 0 Å². The number of halogens is 2. The molecule has 32 heavy (non-hydrogen) atoms. The lowest BCUT2D eigenvalue weighted by Gasteiger charge is -2.32. The number of nitrogens with zero attached hydrogens (tertiary/aromatic N) is 3. The van der Waals surface area contributed by atoms with Gasteiger partial charge in [-0.15, -0.1) is 0 Å². The van der Waals surface area contributed by atoms with Crippen molar-refractivity contribution in [2.75, 3.05) is 52.3 Å². The van der Waals surface area contributed by atoms with Crippen molar-refractivity contribution in [3.05, 3.63) is 45.7 Å². The SMILES string of the molecule is CCc1c(C(=O)Nc2c(Cl)cncc2Cl)ccc(OC)c1OCC(=O)N1CCN(C)CC1. The molecule has 1 aliphatic heterocycles. The summed E-state index contributed by atoms with van der Waals surface area (Å²) in [6.45, 7) is 4.72. The summed E-state index contributed by atoms with van der Waals surface area (Å²) < 4.78 is 11.3. The van der Waals surface area contributed by atoms with E-state index in [1.54, 1.807) is 17.0 Å². The number of benzene rings is 1. The second-order valence-corrected chi connectivity index (χ2v) is 8.20. The molecule has 1 aliphatic rings. The fourth-order valence-electron chi connectivity index (χ4n) is 3.48. The number of carbonyl (C=O) groups excluding carboxylic acids is 2. The fourth-order valence-corrected chi connectivity index (χ4v) is 3.94. The molecule has 0 aliphatic carbocycles. The molecule has 1 N–H and O–H groups in total. The summed E-state index contributed by atoms with van der Waals surface area (Å²) in [4.78, 5) is 33.5. The van der Waals surface area contributed by atoms with Crippen molar-refractivity contribution >= 4 is 40.7 Å². The molecule has 8 nitrogen and oxygen atoms in total. The van der Waals surface area contributed by atoms with Crippen LogP contribution in [0.4, 0.5) is 5.69 Å². The quantitative estimate of drug-likeness (QED) is 0.653. The third-order valence-corrected chi connectivity index (χ3v) is 5.90. The molecule has 2 amide bonds. The largest absolute Gasteiger partial charge is 0.493 e. The minimum Gasteiger partial charge on any atom is -0.493 e. The van der Waals surface area contributed by atoms with Gasteiger partial charge in [0.2, 0.25) is 0 Å². The Morgan fingerprint density at radius 1 is 1.12 bits per heavy atom. The Balaban J connectivity index is 1.82. The van der Waals surface area contributed by atoms with E-state index in [0.29, 0.717) is 42.1 Å². The predicted octanol–water partition coefficient (Wildman–Crippen LogP) is 3.36. The molecule has 1 fully saturated rings. The van der Waals surface area contributed by atoms with E-state index in [4.69, 9.17) is 32.7 Å². The van der Waals surface area contributed by atoms with E-state index in [1.165, 1.54) is 19.5 Å². The number of piperazine rings is 1. The van der Waals surface area contributed by atoms with E-state index in [-0.39, 0.29) is 28.2 Å². The van der Waals surface area contributed by atoms with Crippen LogP contribution in [0.25, 0.3) is 0 Å². The minimum atomic E-state index is -0.408. The van der Waals surface area contributed by atoms with E-state index >= 15 is 0 Å². The Bertz CT molecular complexity index is 974. The van der Waals surface area contributed by atoms with Gasteiger partial charge in [0.25, 0.3) is 11.8 Å². The summed E-state index contributed by atoms with van der Waals surface area (Å²) in [5, 5.41) is 3.19. The molecule has 1 aromatic heterocycles. The molecule has 0 atom stereocenters. The average Bonchev–Trinajstić information content (AvgIpc) is 2.79. The standard InChI is InChI=1S/C22H26Cl2N4O4/c1-4-14-15(22(30)26-20-16(23)11-25-12-17(20)24)5-6-18(31-3)21(14)32-13-19(29)28-9-7-27(2)8-10-28/h5-6,11-12H,4,7-10,13H2,1-3H3,(H,25,26,30). The van der Waals surface area contributed by atoms with Crippen LogP contribution in [0.2, 0.25) is 10.0 Å². The van der Waals surface area contributed by atoms with Crippen LogP contribution in [0.15, 0.2) is 24.5 Å². The van der Waals surface area contributed by atoms with Crippen molar-refractivity contribution in [3.63, 3.8) is 0 Å². The van der Waals surface area contributed by atoms with Gasteiger partial charge in [0.1, 0.15) is 0 Å². The van der Waals surface area contributed by atoms with Crippen molar-refractivity contribution in [3.8, 4) is 11.5 Å². The van der Waals surface area contributed by atoms with E-state index in [2.05, 4.69) is 15.2 Å². The van der Waals surface area contributed by atoms with Gasteiger partial charge in [-0.1, -0.05) is 30.1 Å². The second-order valence-electron chi connectivity index (χ2n) is 7.38. The summed E-state index contributed by atoms with van der Waals surface area (Å²) in [7, 11) is 3.54. The zero-order valence-corrected chi connectivity index (χ0v) is 19.8. The fraction of sp³-hybridized carbons (Fsp3) is 0.409. The summed E-state index contributed by atoms with van der Waals surface area (Å²) in [5.74, 6) is 0.309. The van der Waals surface area contributed by atoms with Crippen LogP contribution >= 0.6 is 23.2 Å². The van der Waals surface area contributed by atoms with Crippen molar-refractivity contribution in [1.29, 1.82) is 0 Å². The highest BCUT2D eigenvalue weighted by atomic mass is 35.5. The third kappa shape index (κ3) is 5.43. The van der Waals surface area contributed by atoms with Crippen LogP contribution in [0, 0.1) is 0 Å². The molecule has 1 aromatic carbocycles. The van der Waals surface area contributed by atoms with Crippen molar-refractivity contribution < 1.29 is 19.1 Å². The summed E-state index contributed by atoms with van der Waals surface area (Å²) in [5.41, 5.74) is 1.27. The summed E-state index contributed by atoms with van der Waals surface area (Å²) >= 11 is 12.3. The molecule has 2 aromatic rings. The summed E-state index contributed by atoms with van der Waals surface area (Å²) in [6.07, 6.45) is 3.28. The molecule has 0 saturated carbocycles. The molecular weight excluding hydrogens is 455 g/mol. The van der Waals surface area contributed by atoms with Crippen LogP contribution in [0.1, 0.15) is 22.8 Å². The number of anilines is 1. The van der Waals surface area contributed by atoms with Gasteiger partial charge in [0.15, 0.2) is 18.1 Å². The smallest absolute Gasteiger partial charge is 0.260 e. The molecule has 10 heteroatoms. The molecule has 0 spiro atoms. The van der Waals surface area contributed by atoms with Crippen LogP contribution < -0.4 is 14.8 Å². The maximum absolute atomic E-state index is 13.0. The maximum Gasteiger partial charge on any atom is 0.260 e. The first-order valence-electron chi connectivity index (χ1n) is 10.2. The predicted molar refractivity (Wildman–Crippen MR) is 124 cm³/mol. The lowest BCUT2D eigenvalue weighted by molar-refractivity contribution is -0.134. The van der Waals surface area contributed by atoms with Crippen molar-refractivity contribution in [2.24, 2.45) is 0 Å². The molecule has 1 saturated heterocycles. The molecule has 3 rings (SSSR count). The van der Waals surface area contributed by atoms with Crippen LogP contribution in [-0.2, 0) is 11.2 Å². The van der Waals surface area contributed by atoms with Gasteiger partial charge in [-0.3, -0.25) is 14.6 Å². The van der Waals surface area contributed by atoms with Crippen molar-refractivity contribution in [2.45, 2.75) is 13.3 Å². The highest BCUT2D eigenvalue weighted by Crippen LogP contribution is 2.36. The van der Waals surface area contributed by atoms with E-state index in [0.717, 1.165) is 13.1 Å². The first-order valence-corrected chi connectivity index (χ1v) is 11.0. The minimum absolute atomic E-state index is 0.104. The monoisotopic (exact) mass is 480 g/mol. The van der Waals surface area contributed by atoms with Gasteiger partial charge in [0.05, 0.1) is 22.8 Å². The number of pyridine rings is 1. The van der Waals surface area contributed by atoms with Gasteiger partial charge in [-0.2, -0.15) is 0 Å². The number of carbonyl (C=O) groups is 2. The van der Waals surface area contributed by atoms with Gasteiger partial charge in [-0.25, -0.2) is 0 Å². The Kier molecular flexibility index (Phi) is 8.17. The van der Waals surface area contributed by atoms with Crippen LogP contribution in [0.3, 0.4) is 0 Å². The number of methoxy groups -OCH3 is 1. The Labute approximate surface area is 197 Å². The number of aromatic nitrogens is 1. The first kappa shape index (κ1) is 24.1. The highest BCUT2D eigenvalue weighted by molar-refractivity contribution is 6.39. The molecule has 0 unspecified atom stereocenters. The molecule has 2 heterocycles. The van der Waals surface area contributed by atoms with Gasteiger partial charge < -0.3 is 24.6 Å². The lowest BCUT2D eigenvalue weighted by Crippen LogP contribution is -2.48. The number of likely N-dealkylation sites (N-methyl/N-ethyl adjacent to an activating group) is 1. The molecule has 0 bridgehead atoms. The van der Waals surface area contributed by atoms with E-state index in [9.17, 15) is 9.59 Å². The van der Waals surface area contributed by atoms with Crippen molar-refractivity contribution in [1.82, 2.24) is 14.8 Å². The van der Waals surface area contributed by atoms with Crippen LogP contribution in [-0.4, -0.2) is 73.5 Å². The van der Waals surface area contributed by atoms with Crippen LogP contribution in [0.5, 0.6) is 11.5 Å². The number of hydrogen-bond acceptors (Lipinski definition) is 6. The maximum atomic E-state index is 13.0. The Morgan fingerprint density at radius 3 is 2.38 bits per heavy atom. The molecule has 0 radical (unpaired) electrons. The highest BCUT2D eigenvalue weighted by Gasteiger charge is 2.23. The Hall–Kier alpha value is -2.55. The first-order chi connectivity index (χ1) is 15.3. The number of ether oxygens (including phenoxy) is 2. The lowest BCUT2D eigenvalue weighted by atomic mass is 10.0. The number of hydrogen-bond donors (Lipinski definition) is 1. The number of nitrogens with one attached hydrogen (secondary N) is 1. The number of amides is 2. The topological polar surface area (TPSA) is 84.0 Å². The zero-order chi connectivity index (χ0) is 23.3. The van der Waals surface area contributed by atoms with E-state index in [1.807, 2.05) is 14.0 Å². The average molecular weight is 481 g/mol. The summed E-state index contributed by atoms with van der Waals surface area (Å²) in [6, 6.07) is 3.28. The molecule has 172 valence electrons. The third-order valence-electron chi connectivity index (χ3n) is 5.33. The second kappa shape index (κ2) is 10.8. The number of rotatable bonds is 7. The zero-order valence-electron chi connectivity index (χ0n) is 18.3. The van der Waals surface area contributed by atoms with E-state index < -0.39 is 5.91 Å². The molecular formula is C22H26Cl2N4O4. The Morgan fingerprint density at radius 2 is 1.78 bits per heavy atom. The normalized spacial score (nSPS) is 14.2.